The van der Waals surface area contributed by atoms with Crippen LogP contribution in [0.5, 0.6) is 5.75 Å². The summed E-state index contributed by atoms with van der Waals surface area (Å²) in [4.78, 5) is 56.9. The van der Waals surface area contributed by atoms with E-state index in [2.05, 4.69) is 26.3 Å². The summed E-state index contributed by atoms with van der Waals surface area (Å²) in [5.41, 5.74) is 18.6. The van der Waals surface area contributed by atoms with Gasteiger partial charge in [0.25, 0.3) is 0 Å². The number of nitrogens with one attached hydrogen (secondary N) is 4. The van der Waals surface area contributed by atoms with Crippen LogP contribution in [0.15, 0.2) is 71.7 Å². The molecule has 0 saturated carbocycles. The van der Waals surface area contributed by atoms with Gasteiger partial charge < -0.3 is 48.7 Å². The molecule has 12 N–H and O–H groups in total. The summed E-state index contributed by atoms with van der Waals surface area (Å²) >= 11 is 0. The number of nitrogens with zero attached hydrogens (tertiary/aromatic N) is 1. The predicted octanol–water partition coefficient (Wildman–Crippen LogP) is 1.42. The van der Waals surface area contributed by atoms with Crippen molar-refractivity contribution in [3.8, 4) is 5.75 Å². The van der Waals surface area contributed by atoms with Gasteiger partial charge in [0.15, 0.2) is 5.96 Å². The normalized spacial score (nSPS) is 13.5. The zero-order chi connectivity index (χ0) is 37.3. The Hall–Kier alpha value is -5.21. The summed E-state index contributed by atoms with van der Waals surface area (Å²) in [5.74, 6) is -3.14. The van der Waals surface area contributed by atoms with E-state index in [0.29, 0.717) is 24.9 Å². The number of phenols is 1. The summed E-state index contributed by atoms with van der Waals surface area (Å²) in [6.07, 6.45) is 2.16. The number of aliphatic imine (C=N–C) groups is 1. The van der Waals surface area contributed by atoms with E-state index in [1.54, 1.807) is 12.1 Å². The fourth-order valence-corrected chi connectivity index (χ4v) is 5.51. The number of carbonyl (C=O) groups excluding carboxylic acids is 3. The molecule has 0 aliphatic carbocycles. The minimum Gasteiger partial charge on any atom is -0.508 e. The van der Waals surface area contributed by atoms with Gasteiger partial charge in [-0.1, -0.05) is 68.4 Å². The lowest BCUT2D eigenvalue weighted by molar-refractivity contribution is -0.142. The van der Waals surface area contributed by atoms with Crippen LogP contribution in [0.4, 0.5) is 0 Å². The minimum absolute atomic E-state index is 0.0165. The predicted molar refractivity (Wildman–Crippen MR) is 198 cm³/mol. The Morgan fingerprint density at radius 2 is 1.31 bits per heavy atom. The smallest absolute Gasteiger partial charge is 0.326 e. The molecule has 3 rings (SSSR count). The molecule has 3 aromatic rings. The molecule has 4 atom stereocenters. The molecule has 3 aromatic carbocycles. The van der Waals surface area contributed by atoms with Crippen LogP contribution in [0.2, 0.25) is 0 Å². The van der Waals surface area contributed by atoms with E-state index in [4.69, 9.17) is 17.2 Å². The number of carboxylic acids is 1. The maximum Gasteiger partial charge on any atom is 0.326 e. The highest BCUT2D eigenvalue weighted by Gasteiger charge is 2.30. The summed E-state index contributed by atoms with van der Waals surface area (Å²) < 4.78 is 0. The van der Waals surface area contributed by atoms with Gasteiger partial charge in [-0.2, -0.15) is 0 Å². The van der Waals surface area contributed by atoms with Gasteiger partial charge in [-0.3, -0.25) is 19.4 Å². The highest BCUT2D eigenvalue weighted by molar-refractivity contribution is 5.94. The third kappa shape index (κ3) is 14.3. The second kappa shape index (κ2) is 20.5. The molecule has 0 aliphatic heterocycles. The molecule has 0 radical (unpaired) electrons. The van der Waals surface area contributed by atoms with E-state index in [1.807, 2.05) is 56.3 Å². The number of hydrogen-bond donors (Lipinski definition) is 9. The van der Waals surface area contributed by atoms with Gasteiger partial charge in [0.05, 0.1) is 6.04 Å². The van der Waals surface area contributed by atoms with Gasteiger partial charge in [-0.25, -0.2) is 4.79 Å². The lowest BCUT2D eigenvalue weighted by Crippen LogP contribution is -2.57. The van der Waals surface area contributed by atoms with Gasteiger partial charge >= 0.3 is 5.97 Å². The van der Waals surface area contributed by atoms with E-state index in [-0.39, 0.29) is 50.0 Å². The fraction of sp³-hybridized carbons (Fsp3) is 0.432. The van der Waals surface area contributed by atoms with Gasteiger partial charge in [0.2, 0.25) is 17.7 Å². The average molecular weight is 705 g/mol. The number of guanidine groups is 1. The van der Waals surface area contributed by atoms with Crippen LogP contribution in [0.25, 0.3) is 10.8 Å². The molecule has 276 valence electrons. The number of aliphatic carboxylic acids is 1. The number of carboxylic acid groups (broad SMARTS) is 1. The topological polar surface area (TPSA) is 247 Å². The van der Waals surface area contributed by atoms with Crippen LogP contribution in [-0.2, 0) is 32.0 Å². The molecule has 0 spiro atoms. The molecule has 0 aliphatic rings. The number of unbranched alkanes of at least 4 members (excludes halogenated alkanes) is 1. The zero-order valence-corrected chi connectivity index (χ0v) is 29.3. The third-order valence-corrected chi connectivity index (χ3v) is 8.28. The van der Waals surface area contributed by atoms with E-state index >= 15 is 0 Å². The quantitative estimate of drug-likeness (QED) is 0.0438. The Morgan fingerprint density at radius 1 is 0.725 bits per heavy atom. The van der Waals surface area contributed by atoms with Crippen molar-refractivity contribution >= 4 is 40.4 Å². The molecular formula is C37H52N8O6. The third-order valence-electron chi connectivity index (χ3n) is 8.28. The van der Waals surface area contributed by atoms with Gasteiger partial charge in [-0.15, -0.1) is 0 Å². The Balaban J connectivity index is 1.76. The van der Waals surface area contributed by atoms with Crippen molar-refractivity contribution in [2.24, 2.45) is 22.2 Å². The molecular weight excluding hydrogens is 652 g/mol. The number of amides is 3. The SMILES string of the molecule is CC(C)NCCCC[C@H](NC(=O)[C@@H](N)Cc1ccc(O)cc1)C(=O)N[C@H](CCCN=C(N)N)C(=O)N[C@@H](Cc1ccc2ccccc2c1)C(=O)O. The van der Waals surface area contributed by atoms with E-state index in [9.17, 15) is 29.4 Å². The largest absolute Gasteiger partial charge is 0.508 e. The summed E-state index contributed by atoms with van der Waals surface area (Å²) in [6, 6.07) is 15.4. The van der Waals surface area contributed by atoms with Gasteiger partial charge in [0, 0.05) is 19.0 Å². The molecule has 0 heterocycles. The minimum atomic E-state index is -1.28. The Kier molecular flexibility index (Phi) is 16.1. The number of phenolic OH excluding ortho intramolecular Hbond substituents is 1. The average Bonchev–Trinajstić information content (AvgIpc) is 3.08. The number of benzene rings is 3. The number of nitrogens with two attached hydrogens (primary N) is 3. The molecule has 0 saturated heterocycles. The van der Waals surface area contributed by atoms with E-state index in [0.717, 1.165) is 22.8 Å². The first-order chi connectivity index (χ1) is 24.3. The monoisotopic (exact) mass is 704 g/mol. The molecule has 14 heteroatoms. The van der Waals surface area contributed by atoms with Gasteiger partial charge in [0.1, 0.15) is 23.9 Å². The van der Waals surface area contributed by atoms with Crippen molar-refractivity contribution in [3.63, 3.8) is 0 Å². The highest BCUT2D eigenvalue weighted by Crippen LogP contribution is 2.17. The molecule has 14 nitrogen and oxygen atoms in total. The lowest BCUT2D eigenvalue weighted by Gasteiger charge is -2.25. The van der Waals surface area contributed by atoms with Crippen molar-refractivity contribution in [3.05, 3.63) is 77.9 Å². The van der Waals surface area contributed by atoms with Crippen LogP contribution in [0.3, 0.4) is 0 Å². The lowest BCUT2D eigenvalue weighted by atomic mass is 10.0. The second-order valence-electron chi connectivity index (χ2n) is 12.9. The molecule has 0 fully saturated rings. The Bertz CT molecular complexity index is 1630. The molecule has 0 aromatic heterocycles. The van der Waals surface area contributed by atoms with Crippen LogP contribution in [-0.4, -0.2) is 83.2 Å². The first-order valence-electron chi connectivity index (χ1n) is 17.3. The molecule has 3 amide bonds. The zero-order valence-electron chi connectivity index (χ0n) is 29.3. The first-order valence-corrected chi connectivity index (χ1v) is 17.3. The Morgan fingerprint density at radius 3 is 1.94 bits per heavy atom. The number of aromatic hydroxyl groups is 1. The Labute approximate surface area is 298 Å². The maximum absolute atomic E-state index is 13.8. The fourth-order valence-electron chi connectivity index (χ4n) is 5.51. The van der Waals surface area contributed by atoms with Crippen LogP contribution >= 0.6 is 0 Å². The van der Waals surface area contributed by atoms with Crippen molar-refractivity contribution in [2.45, 2.75) is 89.0 Å². The molecule has 0 bridgehead atoms. The van der Waals surface area contributed by atoms with E-state index < -0.39 is 47.9 Å². The number of fused-ring (bicyclic) bond motifs is 1. The van der Waals surface area contributed by atoms with Crippen LogP contribution in [0.1, 0.15) is 57.1 Å². The standard InChI is InChI=1S/C37H52N8O6/c1-23(2)41-18-6-5-10-30(43-33(47)29(38)21-24-13-16-28(46)17-14-24)34(48)44-31(11-7-19-42-37(39)40)35(49)45-32(36(50)51)22-25-12-15-26-8-3-4-9-27(26)20-25/h3-4,8-9,12-17,20,23,29-32,41,46H,5-7,10-11,18-19,21-22,38H2,1-2H3,(H,43,47)(H,44,48)(H,45,49)(H,50,51)(H4,39,40,42)/t29-,30-,31+,32-/m0/s1. The highest BCUT2D eigenvalue weighted by atomic mass is 16.4. The second-order valence-corrected chi connectivity index (χ2v) is 12.9. The van der Waals surface area contributed by atoms with Crippen LogP contribution < -0.4 is 38.5 Å². The summed E-state index contributed by atoms with van der Waals surface area (Å²) in [7, 11) is 0. The summed E-state index contributed by atoms with van der Waals surface area (Å²) in [5, 5.41) is 33.0. The van der Waals surface area contributed by atoms with Gasteiger partial charge in [-0.05, 0) is 79.1 Å². The van der Waals surface area contributed by atoms with E-state index in [1.165, 1.54) is 12.1 Å². The number of rotatable bonds is 21. The van der Waals surface area contributed by atoms with Crippen molar-refractivity contribution in [1.29, 1.82) is 0 Å². The van der Waals surface area contributed by atoms with Crippen molar-refractivity contribution in [1.82, 2.24) is 21.3 Å². The van der Waals surface area contributed by atoms with Crippen LogP contribution in [0, 0.1) is 0 Å². The van der Waals surface area contributed by atoms with Crippen molar-refractivity contribution in [2.75, 3.05) is 13.1 Å². The first kappa shape index (κ1) is 40.2. The van der Waals surface area contributed by atoms with Crippen molar-refractivity contribution < 1.29 is 29.4 Å². The summed E-state index contributed by atoms with van der Waals surface area (Å²) in [6.45, 7) is 4.95. The maximum atomic E-state index is 13.8. The molecule has 0 unspecified atom stereocenters. The molecule has 51 heavy (non-hydrogen) atoms. The number of hydrogen-bond acceptors (Lipinski definition) is 8. The number of carbonyl (C=O) groups is 4.